The Morgan fingerprint density at radius 3 is 2.60 bits per heavy atom. The maximum atomic E-state index is 12.6. The van der Waals surface area contributed by atoms with Gasteiger partial charge in [-0.25, -0.2) is 4.39 Å². The summed E-state index contributed by atoms with van der Waals surface area (Å²) >= 11 is 7.17. The number of aromatic hydroxyl groups is 1. The van der Waals surface area contributed by atoms with Crippen molar-refractivity contribution in [3.63, 3.8) is 0 Å². The molecular formula is C6H3ClFIO. The molecule has 0 saturated carbocycles. The second-order valence-corrected chi connectivity index (χ2v) is 3.26. The minimum absolute atomic E-state index is 0.0397. The van der Waals surface area contributed by atoms with Crippen LogP contribution in [0.5, 0.6) is 5.75 Å². The minimum Gasteiger partial charge on any atom is -0.504 e. The molecule has 1 rings (SSSR count). The molecule has 0 saturated heterocycles. The number of phenols is 1. The summed E-state index contributed by atoms with van der Waals surface area (Å²) in [5.74, 6) is -1.14. The third-order valence-corrected chi connectivity index (χ3v) is 2.16. The lowest BCUT2D eigenvalue weighted by molar-refractivity contribution is 0.430. The van der Waals surface area contributed by atoms with E-state index >= 15 is 0 Å². The predicted molar refractivity (Wildman–Crippen MR) is 45.8 cm³/mol. The number of benzene rings is 1. The Kier molecular flexibility index (Phi) is 2.36. The molecular weight excluding hydrogens is 269 g/mol. The van der Waals surface area contributed by atoms with E-state index < -0.39 is 11.6 Å². The Balaban J connectivity index is 3.34. The molecule has 0 amide bonds. The van der Waals surface area contributed by atoms with Crippen LogP contribution >= 0.6 is 34.2 Å². The van der Waals surface area contributed by atoms with Crippen LogP contribution in [0.15, 0.2) is 12.1 Å². The van der Waals surface area contributed by atoms with Crippen molar-refractivity contribution in [2.75, 3.05) is 0 Å². The summed E-state index contributed by atoms with van der Waals surface area (Å²) < 4.78 is 13.0. The first kappa shape index (κ1) is 8.07. The van der Waals surface area contributed by atoms with Gasteiger partial charge in [-0.1, -0.05) is 11.6 Å². The zero-order chi connectivity index (χ0) is 7.72. The van der Waals surface area contributed by atoms with Gasteiger partial charge in [0.05, 0.1) is 8.59 Å². The topological polar surface area (TPSA) is 20.2 Å². The van der Waals surface area contributed by atoms with Crippen LogP contribution in [0.1, 0.15) is 0 Å². The lowest BCUT2D eigenvalue weighted by Gasteiger charge is -1.98. The molecule has 1 aromatic carbocycles. The molecule has 0 bridgehead atoms. The zero-order valence-corrected chi connectivity index (χ0v) is 7.65. The average Bonchev–Trinajstić information content (AvgIpc) is 1.93. The largest absolute Gasteiger partial charge is 0.504 e. The number of rotatable bonds is 0. The Morgan fingerprint density at radius 2 is 2.10 bits per heavy atom. The van der Waals surface area contributed by atoms with Crippen molar-refractivity contribution in [2.45, 2.75) is 0 Å². The first-order valence-corrected chi connectivity index (χ1v) is 3.91. The summed E-state index contributed by atoms with van der Waals surface area (Å²) in [6.45, 7) is 0. The third-order valence-electron chi connectivity index (χ3n) is 1.02. The molecule has 0 aliphatic carbocycles. The molecule has 0 atom stereocenters. The highest BCUT2D eigenvalue weighted by molar-refractivity contribution is 14.1. The first-order chi connectivity index (χ1) is 4.63. The highest BCUT2D eigenvalue weighted by Crippen LogP contribution is 2.28. The van der Waals surface area contributed by atoms with Crippen LogP contribution in [-0.2, 0) is 0 Å². The van der Waals surface area contributed by atoms with Gasteiger partial charge in [0.25, 0.3) is 0 Å². The zero-order valence-electron chi connectivity index (χ0n) is 4.74. The van der Waals surface area contributed by atoms with E-state index in [1.165, 1.54) is 12.1 Å². The molecule has 0 spiro atoms. The van der Waals surface area contributed by atoms with Gasteiger partial charge >= 0.3 is 0 Å². The maximum absolute atomic E-state index is 12.6. The smallest absolute Gasteiger partial charge is 0.179 e. The van der Waals surface area contributed by atoms with Crippen LogP contribution < -0.4 is 0 Å². The molecule has 0 unspecified atom stereocenters. The molecule has 0 aromatic heterocycles. The van der Waals surface area contributed by atoms with Crippen LogP contribution in [0.2, 0.25) is 5.02 Å². The summed E-state index contributed by atoms with van der Waals surface area (Å²) in [6, 6.07) is 2.94. The van der Waals surface area contributed by atoms with Crippen LogP contribution in [0.4, 0.5) is 4.39 Å². The summed E-state index contributed by atoms with van der Waals surface area (Å²) in [5.41, 5.74) is 0. The Bertz CT molecular complexity index is 237. The van der Waals surface area contributed by atoms with E-state index in [-0.39, 0.29) is 5.02 Å². The predicted octanol–water partition coefficient (Wildman–Crippen LogP) is 2.79. The lowest BCUT2D eigenvalue weighted by Crippen LogP contribution is -1.81. The Morgan fingerprint density at radius 1 is 1.50 bits per heavy atom. The number of hydrogen-bond acceptors (Lipinski definition) is 1. The molecule has 1 nitrogen and oxygen atoms in total. The van der Waals surface area contributed by atoms with E-state index in [4.69, 9.17) is 16.7 Å². The van der Waals surface area contributed by atoms with Crippen molar-refractivity contribution >= 4 is 34.2 Å². The van der Waals surface area contributed by atoms with Crippen LogP contribution in [0, 0.1) is 9.39 Å². The van der Waals surface area contributed by atoms with Gasteiger partial charge in [-0.3, -0.25) is 0 Å². The van der Waals surface area contributed by atoms with Crippen molar-refractivity contribution < 1.29 is 9.50 Å². The van der Waals surface area contributed by atoms with E-state index in [2.05, 4.69) is 0 Å². The highest BCUT2D eigenvalue weighted by atomic mass is 127. The number of halogens is 3. The fraction of sp³-hybridized carbons (Fsp3) is 0. The fourth-order valence-electron chi connectivity index (χ4n) is 0.516. The number of phenolic OH excluding ortho intramolecular Hbond substituents is 1. The third kappa shape index (κ3) is 1.34. The summed E-state index contributed by atoms with van der Waals surface area (Å²) in [5, 5.41) is 8.92. The van der Waals surface area contributed by atoms with Gasteiger partial charge in [0.2, 0.25) is 0 Å². The van der Waals surface area contributed by atoms with E-state index in [1.54, 1.807) is 22.6 Å². The van der Waals surface area contributed by atoms with Gasteiger partial charge in [0.15, 0.2) is 11.6 Å². The second kappa shape index (κ2) is 2.92. The highest BCUT2D eigenvalue weighted by Gasteiger charge is 2.07. The molecule has 0 fully saturated rings. The quantitative estimate of drug-likeness (QED) is 0.569. The van der Waals surface area contributed by atoms with Gasteiger partial charge in [-0.2, -0.15) is 0 Å². The summed E-state index contributed by atoms with van der Waals surface area (Å²) in [7, 11) is 0. The molecule has 54 valence electrons. The van der Waals surface area contributed by atoms with Gasteiger partial charge in [-0.15, -0.1) is 0 Å². The van der Waals surface area contributed by atoms with E-state index in [0.29, 0.717) is 3.57 Å². The van der Waals surface area contributed by atoms with Gasteiger partial charge in [-0.05, 0) is 34.7 Å². The van der Waals surface area contributed by atoms with Crippen LogP contribution in [0.25, 0.3) is 0 Å². The molecule has 1 N–H and O–H groups in total. The standard InChI is InChI=1S/C6H3ClFIO/c7-3-1-2-4(9)5(8)6(3)10/h1-2,10H. The Hall–Kier alpha value is -0.0300. The average molecular weight is 272 g/mol. The van der Waals surface area contributed by atoms with Gasteiger partial charge < -0.3 is 5.11 Å². The second-order valence-electron chi connectivity index (χ2n) is 1.69. The normalized spacial score (nSPS) is 9.90. The van der Waals surface area contributed by atoms with Crippen LogP contribution in [0.3, 0.4) is 0 Å². The van der Waals surface area contributed by atoms with Gasteiger partial charge in [0, 0.05) is 0 Å². The summed E-state index contributed by atoms with van der Waals surface area (Å²) in [4.78, 5) is 0. The Labute approximate surface area is 76.0 Å². The lowest BCUT2D eigenvalue weighted by atomic mass is 10.3. The summed E-state index contributed by atoms with van der Waals surface area (Å²) in [6.07, 6.45) is 0. The maximum Gasteiger partial charge on any atom is 0.179 e. The van der Waals surface area contributed by atoms with Gasteiger partial charge in [0.1, 0.15) is 0 Å². The fourth-order valence-corrected chi connectivity index (χ4v) is 1.10. The molecule has 0 aliphatic heterocycles. The van der Waals surface area contributed by atoms with E-state index in [1.807, 2.05) is 0 Å². The van der Waals surface area contributed by atoms with Crippen molar-refractivity contribution in [1.29, 1.82) is 0 Å². The molecule has 0 aliphatic rings. The van der Waals surface area contributed by atoms with E-state index in [0.717, 1.165) is 0 Å². The molecule has 10 heavy (non-hydrogen) atoms. The number of hydrogen-bond donors (Lipinski definition) is 1. The van der Waals surface area contributed by atoms with Crippen molar-refractivity contribution in [3.8, 4) is 5.75 Å². The monoisotopic (exact) mass is 272 g/mol. The van der Waals surface area contributed by atoms with Crippen LogP contribution in [-0.4, -0.2) is 5.11 Å². The molecule has 0 radical (unpaired) electrons. The van der Waals surface area contributed by atoms with Crippen molar-refractivity contribution in [2.24, 2.45) is 0 Å². The van der Waals surface area contributed by atoms with E-state index in [9.17, 15) is 4.39 Å². The minimum atomic E-state index is -0.659. The molecule has 4 heteroatoms. The molecule has 0 heterocycles. The van der Waals surface area contributed by atoms with Crippen molar-refractivity contribution in [1.82, 2.24) is 0 Å². The SMILES string of the molecule is Oc1c(Cl)ccc(I)c1F. The van der Waals surface area contributed by atoms with Crippen molar-refractivity contribution in [3.05, 3.63) is 26.5 Å². The first-order valence-electron chi connectivity index (χ1n) is 2.45. The molecule has 1 aromatic rings.